The number of nitrogens with one attached hydrogen (secondary N) is 2. The molecule has 3 N–H and O–H groups in total. The van der Waals surface area contributed by atoms with Gasteiger partial charge in [-0.3, -0.25) is 9.69 Å². The van der Waals surface area contributed by atoms with Crippen LogP contribution in [0.25, 0.3) is 0 Å². The summed E-state index contributed by atoms with van der Waals surface area (Å²) in [5, 5.41) is 11.7. The van der Waals surface area contributed by atoms with Gasteiger partial charge in [0.15, 0.2) is 11.4 Å². The summed E-state index contributed by atoms with van der Waals surface area (Å²) in [5.74, 6) is -1.70. The number of aromatic amines is 1. The first-order valence-electron chi connectivity index (χ1n) is 7.98. The standard InChI is InChI=1S/C17H20N4O3/c22-16(14-15(17(23)24)20-11-19-14)18-9-12-4-3-5-13(8-12)10-21-6-1-2-7-21/h3-5,8,11H,1-2,6-7,9-10H2,(H,18,22)(H,19,20)(H,23,24). The number of rotatable bonds is 6. The highest BCUT2D eigenvalue weighted by molar-refractivity contribution is 6.02. The van der Waals surface area contributed by atoms with E-state index >= 15 is 0 Å². The lowest BCUT2D eigenvalue weighted by atomic mass is 10.1. The van der Waals surface area contributed by atoms with Gasteiger partial charge < -0.3 is 15.4 Å². The van der Waals surface area contributed by atoms with E-state index in [4.69, 9.17) is 5.11 Å². The number of imidazole rings is 1. The summed E-state index contributed by atoms with van der Waals surface area (Å²) in [6.45, 7) is 3.53. The zero-order valence-electron chi connectivity index (χ0n) is 13.3. The quantitative estimate of drug-likeness (QED) is 0.749. The summed E-state index contributed by atoms with van der Waals surface area (Å²) in [6.07, 6.45) is 3.71. The van der Waals surface area contributed by atoms with Crippen LogP contribution in [0.2, 0.25) is 0 Å². The molecule has 2 aromatic rings. The summed E-state index contributed by atoms with van der Waals surface area (Å²) < 4.78 is 0. The number of hydrogen-bond acceptors (Lipinski definition) is 4. The predicted molar refractivity (Wildman–Crippen MR) is 87.7 cm³/mol. The van der Waals surface area contributed by atoms with Crippen molar-refractivity contribution in [2.24, 2.45) is 0 Å². The molecule has 2 heterocycles. The number of benzene rings is 1. The fraction of sp³-hybridized carbons (Fsp3) is 0.353. The Morgan fingerprint density at radius 2 is 2.00 bits per heavy atom. The van der Waals surface area contributed by atoms with Gasteiger partial charge in [-0.25, -0.2) is 9.78 Å². The van der Waals surface area contributed by atoms with E-state index in [1.807, 2.05) is 12.1 Å². The second kappa shape index (κ2) is 7.27. The van der Waals surface area contributed by atoms with Crippen LogP contribution in [0.15, 0.2) is 30.6 Å². The third-order valence-corrected chi connectivity index (χ3v) is 4.12. The molecule has 3 rings (SSSR count). The van der Waals surface area contributed by atoms with Crippen molar-refractivity contribution in [1.82, 2.24) is 20.2 Å². The van der Waals surface area contributed by atoms with Crippen LogP contribution in [-0.4, -0.2) is 44.9 Å². The number of carboxylic acid groups (broad SMARTS) is 1. The Balaban J connectivity index is 1.60. The minimum Gasteiger partial charge on any atom is -0.477 e. The molecule has 1 fully saturated rings. The van der Waals surface area contributed by atoms with E-state index in [0.717, 1.165) is 25.2 Å². The van der Waals surface area contributed by atoms with Crippen molar-refractivity contribution in [2.75, 3.05) is 13.1 Å². The van der Waals surface area contributed by atoms with Crippen molar-refractivity contribution in [2.45, 2.75) is 25.9 Å². The Morgan fingerprint density at radius 3 is 2.75 bits per heavy atom. The highest BCUT2D eigenvalue weighted by Gasteiger charge is 2.19. The average Bonchev–Trinajstić information content (AvgIpc) is 3.24. The van der Waals surface area contributed by atoms with E-state index in [1.165, 1.54) is 24.7 Å². The van der Waals surface area contributed by atoms with E-state index in [9.17, 15) is 9.59 Å². The van der Waals surface area contributed by atoms with Crippen molar-refractivity contribution >= 4 is 11.9 Å². The van der Waals surface area contributed by atoms with Crippen LogP contribution < -0.4 is 5.32 Å². The van der Waals surface area contributed by atoms with E-state index in [2.05, 4.69) is 32.3 Å². The lowest BCUT2D eigenvalue weighted by molar-refractivity contribution is 0.0685. The molecule has 0 saturated carbocycles. The number of H-pyrrole nitrogens is 1. The van der Waals surface area contributed by atoms with E-state index in [0.29, 0.717) is 6.54 Å². The number of carboxylic acids is 1. The lowest BCUT2D eigenvalue weighted by Crippen LogP contribution is -2.25. The summed E-state index contributed by atoms with van der Waals surface area (Å²) in [5.41, 5.74) is 1.90. The number of hydrogen-bond donors (Lipinski definition) is 3. The monoisotopic (exact) mass is 328 g/mol. The molecule has 126 valence electrons. The van der Waals surface area contributed by atoms with Gasteiger partial charge in [0.25, 0.3) is 5.91 Å². The summed E-state index contributed by atoms with van der Waals surface area (Å²) in [7, 11) is 0. The normalized spacial score (nSPS) is 14.7. The smallest absolute Gasteiger partial charge is 0.354 e. The fourth-order valence-electron chi connectivity index (χ4n) is 2.93. The maximum absolute atomic E-state index is 12.1. The van der Waals surface area contributed by atoms with Crippen molar-refractivity contribution in [3.05, 3.63) is 53.1 Å². The molecule has 1 saturated heterocycles. The summed E-state index contributed by atoms with van der Waals surface area (Å²) in [4.78, 5) is 31.8. The second-order valence-electron chi connectivity index (χ2n) is 5.92. The van der Waals surface area contributed by atoms with Crippen molar-refractivity contribution in [1.29, 1.82) is 0 Å². The molecule has 0 spiro atoms. The van der Waals surface area contributed by atoms with Gasteiger partial charge in [-0.15, -0.1) is 0 Å². The van der Waals surface area contributed by atoms with Crippen LogP contribution in [0.1, 0.15) is 44.9 Å². The first-order chi connectivity index (χ1) is 11.6. The predicted octanol–water partition coefficient (Wildman–Crippen LogP) is 1.63. The van der Waals surface area contributed by atoms with E-state index in [1.54, 1.807) is 0 Å². The van der Waals surface area contributed by atoms with Crippen molar-refractivity contribution in [3.63, 3.8) is 0 Å². The van der Waals surface area contributed by atoms with Crippen LogP contribution >= 0.6 is 0 Å². The van der Waals surface area contributed by atoms with Gasteiger partial charge >= 0.3 is 5.97 Å². The molecule has 7 nitrogen and oxygen atoms in total. The minimum atomic E-state index is -1.20. The van der Waals surface area contributed by atoms with Gasteiger partial charge in [-0.05, 0) is 37.1 Å². The molecule has 0 radical (unpaired) electrons. The summed E-state index contributed by atoms with van der Waals surface area (Å²) in [6, 6.07) is 8.07. The number of likely N-dealkylation sites (tertiary alicyclic amines) is 1. The Labute approximate surface area is 139 Å². The maximum Gasteiger partial charge on any atom is 0.354 e. The molecule has 0 atom stereocenters. The maximum atomic E-state index is 12.1. The number of aromatic carboxylic acids is 1. The number of nitrogens with zero attached hydrogens (tertiary/aromatic N) is 2. The zero-order chi connectivity index (χ0) is 16.9. The number of aromatic nitrogens is 2. The van der Waals surface area contributed by atoms with Gasteiger partial charge in [-0.1, -0.05) is 24.3 Å². The van der Waals surface area contributed by atoms with Gasteiger partial charge in [0.05, 0.1) is 6.33 Å². The summed E-state index contributed by atoms with van der Waals surface area (Å²) >= 11 is 0. The Hall–Kier alpha value is -2.67. The molecule has 0 bridgehead atoms. The van der Waals surface area contributed by atoms with Gasteiger partial charge in [0, 0.05) is 13.1 Å². The first-order valence-corrected chi connectivity index (χ1v) is 7.98. The topological polar surface area (TPSA) is 98.3 Å². The van der Waals surface area contributed by atoms with Crippen LogP contribution in [0.4, 0.5) is 0 Å². The highest BCUT2D eigenvalue weighted by atomic mass is 16.4. The third-order valence-electron chi connectivity index (χ3n) is 4.12. The SMILES string of the molecule is O=C(NCc1cccc(CN2CCCC2)c1)c1nc[nH]c1C(=O)O. The lowest BCUT2D eigenvalue weighted by Gasteiger charge is -2.15. The molecule has 1 aromatic carbocycles. The first kappa shape index (κ1) is 16.2. The van der Waals surface area contributed by atoms with Gasteiger partial charge in [0.1, 0.15) is 0 Å². The molecular weight excluding hydrogens is 308 g/mol. The third kappa shape index (κ3) is 3.80. The minimum absolute atomic E-state index is 0.101. The highest BCUT2D eigenvalue weighted by Crippen LogP contribution is 2.14. The van der Waals surface area contributed by atoms with Crippen LogP contribution in [0.3, 0.4) is 0 Å². The average molecular weight is 328 g/mol. The number of carbonyl (C=O) groups excluding carboxylic acids is 1. The van der Waals surface area contributed by atoms with Crippen LogP contribution in [-0.2, 0) is 13.1 Å². The van der Waals surface area contributed by atoms with Crippen LogP contribution in [0.5, 0.6) is 0 Å². The van der Waals surface area contributed by atoms with Gasteiger partial charge in [0.2, 0.25) is 0 Å². The van der Waals surface area contributed by atoms with E-state index in [-0.39, 0.29) is 11.4 Å². The molecule has 0 unspecified atom stereocenters. The second-order valence-corrected chi connectivity index (χ2v) is 5.92. The fourth-order valence-corrected chi connectivity index (χ4v) is 2.93. The largest absolute Gasteiger partial charge is 0.477 e. The molecular formula is C17H20N4O3. The molecule has 1 aliphatic rings. The molecule has 1 amide bonds. The molecule has 24 heavy (non-hydrogen) atoms. The number of amides is 1. The van der Waals surface area contributed by atoms with Crippen LogP contribution in [0, 0.1) is 0 Å². The Morgan fingerprint density at radius 1 is 1.25 bits per heavy atom. The zero-order valence-corrected chi connectivity index (χ0v) is 13.3. The molecule has 1 aliphatic heterocycles. The Kier molecular flexibility index (Phi) is 4.90. The van der Waals surface area contributed by atoms with Gasteiger partial charge in [-0.2, -0.15) is 0 Å². The van der Waals surface area contributed by atoms with Crippen molar-refractivity contribution in [3.8, 4) is 0 Å². The molecule has 7 heteroatoms. The molecule has 1 aromatic heterocycles. The number of carbonyl (C=O) groups is 2. The van der Waals surface area contributed by atoms with Crippen molar-refractivity contribution < 1.29 is 14.7 Å². The Bertz CT molecular complexity index is 735. The molecule has 0 aliphatic carbocycles. The van der Waals surface area contributed by atoms with E-state index < -0.39 is 11.9 Å².